The number of nitrogens with zero attached hydrogens (tertiary/aromatic N) is 1. The summed E-state index contributed by atoms with van der Waals surface area (Å²) >= 11 is 0. The van der Waals surface area contributed by atoms with E-state index in [9.17, 15) is 4.79 Å². The molecule has 1 atom stereocenters. The molecule has 4 nitrogen and oxygen atoms in total. The number of hydrogen-bond donors (Lipinski definition) is 2. The van der Waals surface area contributed by atoms with Crippen LogP contribution < -0.4 is 5.32 Å². The Balaban J connectivity index is 2.92. The minimum absolute atomic E-state index is 0.120. The number of hydrogen-bond acceptors (Lipinski definition) is 2. The lowest BCUT2D eigenvalue weighted by molar-refractivity contribution is 0.0923. The zero-order valence-electron chi connectivity index (χ0n) is 11.2. The first-order valence-corrected chi connectivity index (χ1v) is 5.99. The van der Waals surface area contributed by atoms with Crippen molar-refractivity contribution in [2.75, 3.05) is 6.54 Å². The van der Waals surface area contributed by atoms with E-state index in [2.05, 4.69) is 23.7 Å². The molecule has 0 saturated heterocycles. The molecular formula is C13H22N2O2. The van der Waals surface area contributed by atoms with Crippen LogP contribution in [0.25, 0.3) is 0 Å². The van der Waals surface area contributed by atoms with E-state index in [0.717, 1.165) is 11.4 Å². The van der Waals surface area contributed by atoms with Crippen LogP contribution in [0.4, 0.5) is 0 Å². The van der Waals surface area contributed by atoms with Crippen LogP contribution in [0.3, 0.4) is 0 Å². The third-order valence-corrected chi connectivity index (χ3v) is 2.80. The van der Waals surface area contributed by atoms with Gasteiger partial charge >= 0.3 is 0 Å². The maximum atomic E-state index is 11.9. The molecule has 0 fully saturated rings. The van der Waals surface area contributed by atoms with Gasteiger partial charge in [0.1, 0.15) is 0 Å². The van der Waals surface area contributed by atoms with Crippen LogP contribution in [0.2, 0.25) is 0 Å². The minimum atomic E-state index is -0.521. The van der Waals surface area contributed by atoms with Crippen LogP contribution in [-0.2, 0) is 0 Å². The van der Waals surface area contributed by atoms with Crippen LogP contribution in [0.15, 0.2) is 6.07 Å². The number of carbonyl (C=O) groups is 1. The Morgan fingerprint density at radius 2 is 2.00 bits per heavy atom. The number of aliphatic hydroxyl groups is 1. The van der Waals surface area contributed by atoms with Crippen LogP contribution in [0.1, 0.15) is 48.6 Å². The van der Waals surface area contributed by atoms with Crippen LogP contribution in [0, 0.1) is 13.8 Å². The van der Waals surface area contributed by atoms with Crippen molar-refractivity contribution in [2.24, 2.45) is 0 Å². The maximum absolute atomic E-state index is 11.9. The molecule has 0 aliphatic heterocycles. The Hall–Kier alpha value is -1.29. The minimum Gasteiger partial charge on any atom is -0.392 e. The number of rotatable bonds is 4. The van der Waals surface area contributed by atoms with Gasteiger partial charge in [0.05, 0.1) is 11.7 Å². The van der Waals surface area contributed by atoms with Crippen LogP contribution in [-0.4, -0.2) is 28.2 Å². The topological polar surface area (TPSA) is 54.3 Å². The molecule has 1 unspecified atom stereocenters. The van der Waals surface area contributed by atoms with Gasteiger partial charge in [-0.25, -0.2) is 0 Å². The molecule has 0 aliphatic rings. The fraction of sp³-hybridized carbons (Fsp3) is 0.615. The fourth-order valence-corrected chi connectivity index (χ4v) is 2.14. The van der Waals surface area contributed by atoms with Gasteiger partial charge in [-0.1, -0.05) is 0 Å². The molecule has 96 valence electrons. The van der Waals surface area contributed by atoms with Gasteiger partial charge in [0.2, 0.25) is 0 Å². The zero-order valence-corrected chi connectivity index (χ0v) is 11.2. The SMILES string of the molecule is Cc1cc(C(=O)NCC(C)O)c(C)n1C(C)C. The predicted molar refractivity (Wildman–Crippen MR) is 68.3 cm³/mol. The number of amides is 1. The van der Waals surface area contributed by atoms with Gasteiger partial charge < -0.3 is 15.0 Å². The molecule has 17 heavy (non-hydrogen) atoms. The molecule has 0 bridgehead atoms. The molecular weight excluding hydrogens is 216 g/mol. The molecule has 1 aromatic rings. The Morgan fingerprint density at radius 1 is 1.41 bits per heavy atom. The van der Waals surface area contributed by atoms with Gasteiger partial charge in [0.15, 0.2) is 0 Å². The number of carbonyl (C=O) groups excluding carboxylic acids is 1. The van der Waals surface area contributed by atoms with E-state index < -0.39 is 6.10 Å². The first-order chi connectivity index (χ1) is 7.84. The molecule has 1 aromatic heterocycles. The standard InChI is InChI=1S/C13H22N2O2/c1-8(2)15-9(3)6-12(11(15)5)13(17)14-7-10(4)16/h6,8,10,16H,7H2,1-5H3,(H,14,17). The van der Waals surface area contributed by atoms with Gasteiger partial charge in [-0.2, -0.15) is 0 Å². The lowest BCUT2D eigenvalue weighted by Crippen LogP contribution is -2.30. The second-order valence-corrected chi connectivity index (χ2v) is 4.81. The van der Waals surface area contributed by atoms with E-state index >= 15 is 0 Å². The summed E-state index contributed by atoms with van der Waals surface area (Å²) in [7, 11) is 0. The maximum Gasteiger partial charge on any atom is 0.253 e. The average Bonchev–Trinajstić information content (AvgIpc) is 2.50. The molecule has 1 amide bonds. The Bertz CT molecular complexity index is 406. The first kappa shape index (κ1) is 13.8. The average molecular weight is 238 g/mol. The highest BCUT2D eigenvalue weighted by molar-refractivity contribution is 5.95. The zero-order chi connectivity index (χ0) is 13.2. The van der Waals surface area contributed by atoms with Gasteiger partial charge in [-0.05, 0) is 40.7 Å². The van der Waals surface area contributed by atoms with Crippen molar-refractivity contribution in [3.8, 4) is 0 Å². The predicted octanol–water partition coefficient (Wildman–Crippen LogP) is 1.80. The summed E-state index contributed by atoms with van der Waals surface area (Å²) in [6.07, 6.45) is -0.521. The number of aromatic nitrogens is 1. The molecule has 4 heteroatoms. The van der Waals surface area contributed by atoms with Gasteiger partial charge in [-0.3, -0.25) is 4.79 Å². The largest absolute Gasteiger partial charge is 0.392 e. The Kier molecular flexibility index (Phi) is 4.34. The number of nitrogens with one attached hydrogen (secondary N) is 1. The van der Waals surface area contributed by atoms with Crippen molar-refractivity contribution in [1.29, 1.82) is 0 Å². The van der Waals surface area contributed by atoms with Crippen molar-refractivity contribution < 1.29 is 9.90 Å². The highest BCUT2D eigenvalue weighted by Crippen LogP contribution is 2.19. The summed E-state index contributed by atoms with van der Waals surface area (Å²) in [6.45, 7) is 10.1. The van der Waals surface area contributed by atoms with Crippen molar-refractivity contribution in [2.45, 2.75) is 46.8 Å². The summed E-state index contributed by atoms with van der Waals surface area (Å²) in [5.74, 6) is -0.120. The Labute approximate surface area is 103 Å². The van der Waals surface area contributed by atoms with Crippen molar-refractivity contribution in [3.63, 3.8) is 0 Å². The summed E-state index contributed by atoms with van der Waals surface area (Å²) in [6, 6.07) is 2.24. The highest BCUT2D eigenvalue weighted by Gasteiger charge is 2.16. The van der Waals surface area contributed by atoms with E-state index in [0.29, 0.717) is 11.6 Å². The summed E-state index contributed by atoms with van der Waals surface area (Å²) in [4.78, 5) is 11.9. The molecule has 0 aliphatic carbocycles. The number of aryl methyl sites for hydroxylation is 1. The van der Waals surface area contributed by atoms with Gasteiger partial charge in [0, 0.05) is 24.0 Å². The third kappa shape index (κ3) is 3.09. The molecule has 1 rings (SSSR count). The Morgan fingerprint density at radius 3 is 2.41 bits per heavy atom. The second-order valence-electron chi connectivity index (χ2n) is 4.81. The van der Waals surface area contributed by atoms with Gasteiger partial charge in [0.25, 0.3) is 5.91 Å². The first-order valence-electron chi connectivity index (χ1n) is 5.99. The van der Waals surface area contributed by atoms with Crippen molar-refractivity contribution in [1.82, 2.24) is 9.88 Å². The fourth-order valence-electron chi connectivity index (χ4n) is 2.14. The molecule has 0 saturated carbocycles. The number of aliphatic hydroxyl groups excluding tert-OH is 1. The van der Waals surface area contributed by atoms with Crippen LogP contribution in [0.5, 0.6) is 0 Å². The van der Waals surface area contributed by atoms with E-state index in [4.69, 9.17) is 5.11 Å². The monoisotopic (exact) mass is 238 g/mol. The van der Waals surface area contributed by atoms with E-state index in [1.807, 2.05) is 19.9 Å². The van der Waals surface area contributed by atoms with Crippen molar-refractivity contribution >= 4 is 5.91 Å². The van der Waals surface area contributed by atoms with E-state index in [1.165, 1.54) is 0 Å². The molecule has 0 radical (unpaired) electrons. The lowest BCUT2D eigenvalue weighted by atomic mass is 10.2. The van der Waals surface area contributed by atoms with E-state index in [1.54, 1.807) is 6.92 Å². The smallest absolute Gasteiger partial charge is 0.253 e. The quantitative estimate of drug-likeness (QED) is 0.840. The molecule has 0 spiro atoms. The third-order valence-electron chi connectivity index (χ3n) is 2.80. The summed E-state index contributed by atoms with van der Waals surface area (Å²) < 4.78 is 2.14. The molecule has 2 N–H and O–H groups in total. The van der Waals surface area contributed by atoms with Gasteiger partial charge in [-0.15, -0.1) is 0 Å². The van der Waals surface area contributed by atoms with Crippen molar-refractivity contribution in [3.05, 3.63) is 23.0 Å². The van der Waals surface area contributed by atoms with Crippen LogP contribution >= 0.6 is 0 Å². The highest BCUT2D eigenvalue weighted by atomic mass is 16.3. The summed E-state index contributed by atoms with van der Waals surface area (Å²) in [5, 5.41) is 11.9. The molecule has 1 heterocycles. The molecule has 0 aromatic carbocycles. The summed E-state index contributed by atoms with van der Waals surface area (Å²) in [5.41, 5.74) is 2.75. The van der Waals surface area contributed by atoms with E-state index in [-0.39, 0.29) is 12.5 Å². The normalized spacial score (nSPS) is 12.9. The lowest BCUT2D eigenvalue weighted by Gasteiger charge is -2.13. The second kappa shape index (κ2) is 5.36.